The quantitative estimate of drug-likeness (QED) is 0.851. The number of aromatic nitrogens is 2. The van der Waals surface area contributed by atoms with Gasteiger partial charge < -0.3 is 9.64 Å². The van der Waals surface area contributed by atoms with E-state index in [-0.39, 0.29) is 5.91 Å². The second kappa shape index (κ2) is 6.86. The fourth-order valence-electron chi connectivity index (χ4n) is 3.29. The van der Waals surface area contributed by atoms with Gasteiger partial charge in [-0.05, 0) is 31.9 Å². The summed E-state index contributed by atoms with van der Waals surface area (Å²) in [5.74, 6) is 0.487. The van der Waals surface area contributed by atoms with Crippen LogP contribution in [0.4, 0.5) is 0 Å². The van der Waals surface area contributed by atoms with Crippen LogP contribution in [0.1, 0.15) is 43.1 Å². The van der Waals surface area contributed by atoms with Crippen molar-refractivity contribution in [3.63, 3.8) is 0 Å². The summed E-state index contributed by atoms with van der Waals surface area (Å²) >= 11 is 0. The first-order chi connectivity index (χ1) is 11.2. The number of carbonyl (C=O) groups is 1. The lowest BCUT2D eigenvalue weighted by Gasteiger charge is -2.27. The summed E-state index contributed by atoms with van der Waals surface area (Å²) in [7, 11) is 1.58. The average Bonchev–Trinajstić information content (AvgIpc) is 3.26. The lowest BCUT2D eigenvalue weighted by Crippen LogP contribution is -2.39. The Bertz CT molecular complexity index is 660. The van der Waals surface area contributed by atoms with E-state index < -0.39 is 0 Å². The molecular formula is C18H23N3O2. The molecule has 5 nitrogen and oxygen atoms in total. The molecule has 1 heterocycles. The van der Waals surface area contributed by atoms with Gasteiger partial charge in [0.25, 0.3) is 5.91 Å². The minimum Gasteiger partial charge on any atom is -0.493 e. The molecule has 1 saturated carbocycles. The Morgan fingerprint density at radius 2 is 2.00 bits per heavy atom. The Morgan fingerprint density at radius 1 is 1.30 bits per heavy atom. The van der Waals surface area contributed by atoms with Crippen LogP contribution in [0.3, 0.4) is 0 Å². The largest absolute Gasteiger partial charge is 0.493 e. The summed E-state index contributed by atoms with van der Waals surface area (Å²) in [6.07, 6.45) is 6.34. The van der Waals surface area contributed by atoms with Gasteiger partial charge in [-0.3, -0.25) is 4.79 Å². The zero-order chi connectivity index (χ0) is 16.2. The fourth-order valence-corrected chi connectivity index (χ4v) is 3.29. The highest BCUT2D eigenvalue weighted by molar-refractivity contribution is 5.95. The van der Waals surface area contributed by atoms with Crippen LogP contribution in [0.2, 0.25) is 0 Å². The lowest BCUT2D eigenvalue weighted by molar-refractivity contribution is 0.0683. The molecule has 0 atom stereocenters. The Hall–Kier alpha value is -2.30. The lowest BCUT2D eigenvalue weighted by atomic mass is 10.2. The predicted molar refractivity (Wildman–Crippen MR) is 89.1 cm³/mol. The third kappa shape index (κ3) is 3.09. The SMILES string of the molecule is CCN(C(=O)c1nn(-c2ccccc2)cc1OC)C1CCCC1. The summed E-state index contributed by atoms with van der Waals surface area (Å²) in [5, 5.41) is 4.49. The summed E-state index contributed by atoms with van der Waals surface area (Å²) in [5.41, 5.74) is 1.30. The normalized spacial score (nSPS) is 14.9. The van der Waals surface area contributed by atoms with Gasteiger partial charge >= 0.3 is 0 Å². The van der Waals surface area contributed by atoms with E-state index in [1.54, 1.807) is 18.0 Å². The second-order valence-corrected chi connectivity index (χ2v) is 5.86. The van der Waals surface area contributed by atoms with E-state index in [1.165, 1.54) is 12.8 Å². The number of hydrogen-bond acceptors (Lipinski definition) is 3. The van der Waals surface area contributed by atoms with Gasteiger partial charge in [-0.15, -0.1) is 0 Å². The molecule has 1 fully saturated rings. The summed E-state index contributed by atoms with van der Waals surface area (Å²) < 4.78 is 7.10. The zero-order valence-electron chi connectivity index (χ0n) is 13.7. The Morgan fingerprint density at radius 3 is 2.61 bits per heavy atom. The number of amides is 1. The smallest absolute Gasteiger partial charge is 0.278 e. The first-order valence-corrected chi connectivity index (χ1v) is 8.24. The molecule has 1 aromatic heterocycles. The number of rotatable bonds is 5. The van der Waals surface area contributed by atoms with Gasteiger partial charge in [0.1, 0.15) is 0 Å². The average molecular weight is 313 g/mol. The van der Waals surface area contributed by atoms with Crippen molar-refractivity contribution in [1.82, 2.24) is 14.7 Å². The minimum absolute atomic E-state index is 0.0362. The van der Waals surface area contributed by atoms with Crippen LogP contribution in [-0.4, -0.2) is 40.3 Å². The molecule has 122 valence electrons. The second-order valence-electron chi connectivity index (χ2n) is 5.86. The van der Waals surface area contributed by atoms with Gasteiger partial charge in [-0.25, -0.2) is 4.68 Å². The maximum Gasteiger partial charge on any atom is 0.278 e. The Balaban J connectivity index is 1.91. The summed E-state index contributed by atoms with van der Waals surface area (Å²) in [6.45, 7) is 2.72. The van der Waals surface area contributed by atoms with Crippen LogP contribution in [0.15, 0.2) is 36.5 Å². The van der Waals surface area contributed by atoms with Crippen molar-refractivity contribution in [2.24, 2.45) is 0 Å². The number of nitrogens with zero attached hydrogens (tertiary/aromatic N) is 3. The molecule has 0 N–H and O–H groups in total. The van der Waals surface area contributed by atoms with Crippen molar-refractivity contribution in [2.45, 2.75) is 38.6 Å². The minimum atomic E-state index is -0.0362. The van der Waals surface area contributed by atoms with Gasteiger partial charge in [0.15, 0.2) is 11.4 Å². The maximum atomic E-state index is 13.0. The van der Waals surface area contributed by atoms with Crippen molar-refractivity contribution in [1.29, 1.82) is 0 Å². The molecule has 0 saturated heterocycles. The molecule has 3 rings (SSSR count). The van der Waals surface area contributed by atoms with Crippen molar-refractivity contribution in [3.05, 3.63) is 42.2 Å². The van der Waals surface area contributed by atoms with E-state index in [4.69, 9.17) is 4.74 Å². The molecular weight excluding hydrogens is 290 g/mol. The van der Waals surface area contributed by atoms with Gasteiger partial charge in [0.2, 0.25) is 0 Å². The molecule has 0 bridgehead atoms. The molecule has 1 aromatic carbocycles. The molecule has 1 aliphatic rings. The summed E-state index contributed by atoms with van der Waals surface area (Å²) in [6, 6.07) is 10.1. The third-order valence-corrected chi connectivity index (χ3v) is 4.49. The number of methoxy groups -OCH3 is 1. The zero-order valence-corrected chi connectivity index (χ0v) is 13.7. The van der Waals surface area contributed by atoms with Gasteiger partial charge in [0.05, 0.1) is 19.0 Å². The number of para-hydroxylation sites is 1. The van der Waals surface area contributed by atoms with E-state index >= 15 is 0 Å². The van der Waals surface area contributed by atoms with Gasteiger partial charge in [0, 0.05) is 12.6 Å². The van der Waals surface area contributed by atoms with E-state index in [0.717, 1.165) is 18.5 Å². The monoisotopic (exact) mass is 313 g/mol. The highest BCUT2D eigenvalue weighted by Crippen LogP contribution is 2.27. The molecule has 23 heavy (non-hydrogen) atoms. The molecule has 0 unspecified atom stereocenters. The molecule has 0 spiro atoms. The molecule has 1 aliphatic carbocycles. The highest BCUT2D eigenvalue weighted by atomic mass is 16.5. The fraction of sp³-hybridized carbons (Fsp3) is 0.444. The van der Waals surface area contributed by atoms with Crippen molar-refractivity contribution < 1.29 is 9.53 Å². The van der Waals surface area contributed by atoms with Crippen molar-refractivity contribution >= 4 is 5.91 Å². The van der Waals surface area contributed by atoms with Crippen LogP contribution in [-0.2, 0) is 0 Å². The van der Waals surface area contributed by atoms with Crippen LogP contribution in [0, 0.1) is 0 Å². The Kier molecular flexibility index (Phi) is 4.65. The van der Waals surface area contributed by atoms with Crippen LogP contribution >= 0.6 is 0 Å². The topological polar surface area (TPSA) is 47.4 Å². The number of carbonyl (C=O) groups excluding carboxylic acids is 1. The highest BCUT2D eigenvalue weighted by Gasteiger charge is 2.30. The van der Waals surface area contributed by atoms with E-state index in [2.05, 4.69) is 5.10 Å². The maximum absolute atomic E-state index is 13.0. The standard InChI is InChI=1S/C18H23N3O2/c1-3-20(14-9-7-8-10-14)18(22)17-16(23-2)13-21(19-17)15-11-5-4-6-12-15/h4-6,11-14H,3,7-10H2,1-2H3. The predicted octanol–water partition coefficient (Wildman–Crippen LogP) is 3.29. The number of hydrogen-bond donors (Lipinski definition) is 0. The van der Waals surface area contributed by atoms with Gasteiger partial charge in [-0.1, -0.05) is 31.0 Å². The molecule has 1 amide bonds. The van der Waals surface area contributed by atoms with Crippen LogP contribution < -0.4 is 4.74 Å². The molecule has 0 aliphatic heterocycles. The number of benzene rings is 1. The molecule has 5 heteroatoms. The Labute approximate surface area is 136 Å². The van der Waals surface area contributed by atoms with E-state index in [9.17, 15) is 4.79 Å². The van der Waals surface area contributed by atoms with Crippen molar-refractivity contribution in [3.8, 4) is 11.4 Å². The van der Waals surface area contributed by atoms with Crippen LogP contribution in [0.25, 0.3) is 5.69 Å². The first-order valence-electron chi connectivity index (χ1n) is 8.24. The third-order valence-electron chi connectivity index (χ3n) is 4.49. The van der Waals surface area contributed by atoms with E-state index in [0.29, 0.717) is 24.0 Å². The molecule has 0 radical (unpaired) electrons. The van der Waals surface area contributed by atoms with E-state index in [1.807, 2.05) is 42.2 Å². The number of ether oxygens (including phenoxy) is 1. The van der Waals surface area contributed by atoms with Crippen LogP contribution in [0.5, 0.6) is 5.75 Å². The first kappa shape index (κ1) is 15.6. The molecule has 2 aromatic rings. The van der Waals surface area contributed by atoms with Gasteiger partial charge in [-0.2, -0.15) is 5.10 Å². The van der Waals surface area contributed by atoms with Crippen molar-refractivity contribution in [2.75, 3.05) is 13.7 Å². The summed E-state index contributed by atoms with van der Waals surface area (Å²) in [4.78, 5) is 14.9.